The molecule has 0 aromatic heterocycles. The minimum Gasteiger partial charge on any atom is -0.358 e. The summed E-state index contributed by atoms with van der Waals surface area (Å²) in [7, 11) is 0. The van der Waals surface area contributed by atoms with Gasteiger partial charge in [-0.05, 0) is 0 Å². The van der Waals surface area contributed by atoms with Gasteiger partial charge in [-0.15, -0.1) is 12.4 Å². The predicted octanol–water partition coefficient (Wildman–Crippen LogP) is 1.77. The third kappa shape index (κ3) is 37.8. The minimum atomic E-state index is 0. The van der Waals surface area contributed by atoms with E-state index in [9.17, 15) is 0 Å². The normalized spacial score (nSPS) is 0. The topological polar surface area (TPSA) is 0 Å². The summed E-state index contributed by atoms with van der Waals surface area (Å²) in [5.74, 6) is 0. The quantitative estimate of drug-likeness (QED) is 0.489. The second-order valence-corrected chi connectivity index (χ2v) is 0. The van der Waals surface area contributed by atoms with Gasteiger partial charge in [-0.3, -0.25) is 0 Å². The van der Waals surface area contributed by atoms with Crippen LogP contribution in [-0.4, -0.2) is 0 Å². The Hall–Kier alpha value is 1.17. The molecule has 5 heavy (non-hydrogen) atoms. The van der Waals surface area contributed by atoms with Crippen molar-refractivity contribution in [2.45, 2.75) is 0 Å². The Morgan fingerprint density at radius 2 is 0.600 bits per heavy atom. The zero-order valence-corrected chi connectivity index (χ0v) is 7.18. The second kappa shape index (κ2) is 65.5. The molecule has 0 spiro atoms. The smallest absolute Gasteiger partial charge is 0.358 e. The molecule has 0 bridgehead atoms. The second-order valence-electron chi connectivity index (χ2n) is 0. The van der Waals surface area contributed by atoms with Gasteiger partial charge in [0.1, 0.15) is 0 Å². The molecular weight excluding hydrogens is 163 g/mol. The van der Waals surface area contributed by atoms with Crippen molar-refractivity contribution in [1.82, 2.24) is 0 Å². The van der Waals surface area contributed by atoms with Crippen molar-refractivity contribution in [2.24, 2.45) is 0 Å². The van der Waals surface area contributed by atoms with Gasteiger partial charge >= 0.3 is 26.2 Å². The van der Waals surface area contributed by atoms with Crippen LogP contribution in [0.1, 0.15) is 0 Å². The number of rotatable bonds is 0. The first-order valence-corrected chi connectivity index (χ1v) is 0. The molecule has 0 atom stereocenters. The zero-order valence-electron chi connectivity index (χ0n) is 3.91. The van der Waals surface area contributed by atoms with Gasteiger partial charge in [-0.2, -0.15) is 0 Å². The number of halogens is 1. The van der Waals surface area contributed by atoms with Crippen LogP contribution in [0, 0.1) is 22.3 Å². The van der Waals surface area contributed by atoms with Crippen LogP contribution in [-0.2, 0) is 26.2 Å². The van der Waals surface area contributed by atoms with E-state index in [1.54, 1.807) is 0 Å². The molecule has 0 aromatic carbocycles. The summed E-state index contributed by atoms with van der Waals surface area (Å²) in [6, 6.07) is 0. The number of hydrogen-bond acceptors (Lipinski definition) is 0. The average Bonchev–Trinajstić information content (AvgIpc) is 0. The minimum absolute atomic E-state index is 0. The van der Waals surface area contributed by atoms with E-state index in [2.05, 4.69) is 0 Å². The molecule has 0 amide bonds. The molecule has 0 unspecified atom stereocenters. The zero-order chi connectivity index (χ0) is 0. The molecule has 33 valence electrons. The summed E-state index contributed by atoms with van der Waals surface area (Å²) in [5.41, 5.74) is 0. The predicted molar refractivity (Wildman–Crippen MR) is 26.5 cm³/mol. The van der Waals surface area contributed by atoms with Gasteiger partial charge in [-0.25, -0.2) is 0 Å². The van der Waals surface area contributed by atoms with E-state index in [0.29, 0.717) is 0 Å². The van der Waals surface area contributed by atoms with E-state index >= 15 is 0 Å². The van der Waals surface area contributed by atoms with Crippen molar-refractivity contribution >= 4 is 12.4 Å². The van der Waals surface area contributed by atoms with Crippen LogP contribution < -0.4 is 0 Å². The summed E-state index contributed by atoms with van der Waals surface area (Å²) >= 11 is 0. The summed E-state index contributed by atoms with van der Waals surface area (Å²) in [6.07, 6.45) is 0. The Labute approximate surface area is 60.9 Å². The van der Waals surface area contributed by atoms with Crippen LogP contribution in [0.4, 0.5) is 0 Å². The van der Waals surface area contributed by atoms with Gasteiger partial charge in [0.05, 0.1) is 0 Å². The van der Waals surface area contributed by atoms with Gasteiger partial charge in [0, 0.05) is 0 Å². The van der Waals surface area contributed by atoms with Crippen LogP contribution in [0.5, 0.6) is 0 Å². The molecule has 0 rings (SSSR count). The maximum Gasteiger partial charge on any atom is 3.00 e. The molecule has 0 heterocycles. The van der Waals surface area contributed by atoms with Gasteiger partial charge in [0.25, 0.3) is 0 Å². The van der Waals surface area contributed by atoms with Crippen molar-refractivity contribution in [3.63, 3.8) is 0 Å². The molecule has 0 nitrogen and oxygen atoms in total. The Balaban J connectivity index is 0. The third-order valence-corrected chi connectivity index (χ3v) is 0. The van der Waals surface area contributed by atoms with E-state index < -0.39 is 0 Å². The molecule has 0 saturated carbocycles. The van der Waals surface area contributed by atoms with Crippen molar-refractivity contribution in [1.29, 1.82) is 0 Å². The van der Waals surface area contributed by atoms with Crippen LogP contribution in [0.15, 0.2) is 0 Å². The summed E-state index contributed by atoms with van der Waals surface area (Å²) in [4.78, 5) is 0. The average molecular weight is 173 g/mol. The fraction of sp³-hybridized carbons (Fsp3) is 0. The Bertz CT molecular complexity index is 6.85. The van der Waals surface area contributed by atoms with Crippen molar-refractivity contribution < 1.29 is 26.2 Å². The molecule has 0 saturated heterocycles. The summed E-state index contributed by atoms with van der Waals surface area (Å²) in [5, 5.41) is 0. The summed E-state index contributed by atoms with van der Waals surface area (Å²) in [6.45, 7) is 0. The third-order valence-electron chi connectivity index (χ3n) is 0. The van der Waals surface area contributed by atoms with E-state index in [4.69, 9.17) is 0 Å². The van der Waals surface area contributed by atoms with Crippen LogP contribution in [0.2, 0.25) is 0 Å². The molecule has 0 fully saturated rings. The van der Waals surface area contributed by atoms with Gasteiger partial charge in [-0.1, -0.05) is 0 Å². The molecule has 1 radical (unpaired) electrons. The first kappa shape index (κ1) is 120. The van der Waals surface area contributed by atoms with Gasteiger partial charge in [0.15, 0.2) is 0 Å². The molecule has 0 aliphatic carbocycles. The largest absolute Gasteiger partial charge is 3.00 e. The van der Waals surface area contributed by atoms with E-state index in [0.717, 1.165) is 0 Å². The first-order valence-electron chi connectivity index (χ1n) is 0. The van der Waals surface area contributed by atoms with Gasteiger partial charge < -0.3 is 22.3 Å². The van der Waals surface area contributed by atoms with Crippen molar-refractivity contribution in [3.05, 3.63) is 22.3 Å². The Morgan fingerprint density at radius 3 is 0.600 bits per heavy atom. The number of hydrogen-bond donors (Lipinski definition) is 0. The van der Waals surface area contributed by atoms with E-state index in [-0.39, 0.29) is 60.9 Å². The fourth-order valence-electron chi connectivity index (χ4n) is 0. The van der Waals surface area contributed by atoms with Crippen LogP contribution >= 0.6 is 12.4 Å². The van der Waals surface area contributed by atoms with Crippen molar-refractivity contribution in [2.75, 3.05) is 0 Å². The summed E-state index contributed by atoms with van der Waals surface area (Å²) < 4.78 is 0. The molecule has 0 aliphatic heterocycles. The Morgan fingerprint density at radius 1 is 0.600 bits per heavy atom. The van der Waals surface area contributed by atoms with Crippen LogP contribution in [0.3, 0.4) is 0 Å². The van der Waals surface area contributed by atoms with Crippen LogP contribution in [0.25, 0.3) is 0 Å². The molecule has 0 N–H and O–H groups in total. The molecule has 0 aliphatic rings. The fourth-order valence-corrected chi connectivity index (χ4v) is 0. The van der Waals surface area contributed by atoms with Gasteiger partial charge in [0.2, 0.25) is 0 Å². The maximum absolute atomic E-state index is 0. The monoisotopic (exact) mass is 171 g/mol. The maximum atomic E-state index is 0. The molecule has 0 aromatic rings. The Kier molecular flexibility index (Phi) is 1570. The SMILES string of the molecule is Cl.[CH3-].[CH3-].[CH3-].[Zr+3]. The first-order chi connectivity index (χ1) is 0. The van der Waals surface area contributed by atoms with Crippen molar-refractivity contribution in [3.8, 4) is 0 Å². The molecule has 2 heteroatoms. The molecular formula is C3H10ClZr. The van der Waals surface area contributed by atoms with E-state index in [1.807, 2.05) is 0 Å². The van der Waals surface area contributed by atoms with E-state index in [1.165, 1.54) is 0 Å². The standard InChI is InChI=1S/3CH3.ClH.Zr/h3*1H3;1H;/q3*-1;;+3.